The van der Waals surface area contributed by atoms with E-state index in [1.54, 1.807) is 18.2 Å². The minimum Gasteiger partial charge on any atom is -0.378 e. The zero-order valence-corrected chi connectivity index (χ0v) is 23.4. The molecule has 1 amide bonds. The van der Waals surface area contributed by atoms with E-state index in [0.717, 1.165) is 16.5 Å². The van der Waals surface area contributed by atoms with Gasteiger partial charge in [0.25, 0.3) is 5.91 Å². The van der Waals surface area contributed by atoms with Crippen LogP contribution >= 0.6 is 23.2 Å². The predicted octanol–water partition coefficient (Wildman–Crippen LogP) is 6.30. The first-order valence-electron chi connectivity index (χ1n) is 12.9. The molecule has 0 unspecified atom stereocenters. The fraction of sp³-hybridized carbons (Fsp3) is 0.172. The lowest BCUT2D eigenvalue weighted by molar-refractivity contribution is -0.384. The molecule has 0 bridgehead atoms. The molecule has 41 heavy (non-hydrogen) atoms. The molecule has 0 aliphatic heterocycles. The number of aryl methyl sites for hydroxylation is 1. The van der Waals surface area contributed by atoms with Crippen LogP contribution in [0.4, 0.5) is 17.3 Å². The van der Waals surface area contributed by atoms with Gasteiger partial charge in [0.05, 0.1) is 10.5 Å². The van der Waals surface area contributed by atoms with Gasteiger partial charge in [-0.3, -0.25) is 14.9 Å². The molecule has 0 saturated heterocycles. The number of nitrogens with one attached hydrogen (secondary N) is 3. The second-order valence-electron chi connectivity index (χ2n) is 9.45. The average molecular weight is 592 g/mol. The molecule has 5 N–H and O–H groups in total. The highest BCUT2D eigenvalue weighted by Crippen LogP contribution is 2.33. The van der Waals surface area contributed by atoms with Crippen molar-refractivity contribution >= 4 is 57.3 Å². The van der Waals surface area contributed by atoms with Crippen LogP contribution in [0.5, 0.6) is 0 Å². The number of aromatic nitrogens is 3. The normalized spacial score (nSPS) is 11.1. The van der Waals surface area contributed by atoms with Gasteiger partial charge < -0.3 is 25.9 Å². The maximum atomic E-state index is 13.4. The maximum Gasteiger partial charge on any atom is 0.311 e. The Hall–Kier alpha value is -4.54. The average Bonchev–Trinajstić information content (AvgIpc) is 3.55. The topological polar surface area (TPSA) is 144 Å². The third kappa shape index (κ3) is 6.45. The zero-order chi connectivity index (χ0) is 28.9. The number of hydrogen-bond donors (Lipinski definition) is 4. The molecule has 12 heteroatoms. The minimum absolute atomic E-state index is 0.143. The van der Waals surface area contributed by atoms with Crippen LogP contribution in [0.25, 0.3) is 22.0 Å². The van der Waals surface area contributed by atoms with Gasteiger partial charge in [-0.2, -0.15) is 0 Å². The molecule has 0 fully saturated rings. The van der Waals surface area contributed by atoms with Crippen molar-refractivity contribution in [2.24, 2.45) is 0 Å². The Bertz CT molecular complexity index is 1730. The summed E-state index contributed by atoms with van der Waals surface area (Å²) in [4.78, 5) is 31.0. The second-order valence-corrected chi connectivity index (χ2v) is 10.3. The lowest BCUT2D eigenvalue weighted by Gasteiger charge is -2.08. The highest BCUT2D eigenvalue weighted by atomic mass is 35.5. The van der Waals surface area contributed by atoms with Crippen molar-refractivity contribution in [3.8, 4) is 11.1 Å². The number of hydrogen-bond acceptors (Lipinski definition) is 6. The number of nitrogen functional groups attached to an aromatic ring is 1. The summed E-state index contributed by atoms with van der Waals surface area (Å²) in [5.41, 5.74) is 9.56. The Morgan fingerprint density at radius 1 is 1.07 bits per heavy atom. The Kier molecular flexibility index (Phi) is 8.42. The molecule has 210 valence electrons. The van der Waals surface area contributed by atoms with Crippen molar-refractivity contribution in [1.29, 1.82) is 0 Å². The maximum absolute atomic E-state index is 13.4. The van der Waals surface area contributed by atoms with Crippen LogP contribution in [-0.2, 0) is 13.0 Å². The number of fused-ring (bicyclic) bond motifs is 1. The van der Waals surface area contributed by atoms with Crippen LogP contribution in [0.3, 0.4) is 0 Å². The number of pyridine rings is 1. The summed E-state index contributed by atoms with van der Waals surface area (Å²) in [6.07, 6.45) is 7.04. The molecule has 3 aromatic heterocycles. The number of nitrogens with two attached hydrogens (primary N) is 1. The molecule has 2 aromatic carbocycles. The van der Waals surface area contributed by atoms with Gasteiger partial charge in [0.2, 0.25) is 5.82 Å². The molecule has 0 atom stereocenters. The van der Waals surface area contributed by atoms with Crippen LogP contribution < -0.4 is 16.4 Å². The van der Waals surface area contributed by atoms with E-state index in [-0.39, 0.29) is 17.4 Å². The van der Waals surface area contributed by atoms with Crippen LogP contribution in [0.15, 0.2) is 73.2 Å². The fourth-order valence-corrected chi connectivity index (χ4v) is 5.19. The molecular weight excluding hydrogens is 565 g/mol. The van der Waals surface area contributed by atoms with Crippen molar-refractivity contribution in [3.05, 3.63) is 104 Å². The van der Waals surface area contributed by atoms with Gasteiger partial charge in [-0.1, -0.05) is 47.5 Å². The summed E-state index contributed by atoms with van der Waals surface area (Å²) < 4.78 is 1.94. The predicted molar refractivity (Wildman–Crippen MR) is 163 cm³/mol. The molecule has 5 rings (SSSR count). The first-order chi connectivity index (χ1) is 19.8. The summed E-state index contributed by atoms with van der Waals surface area (Å²) >= 11 is 12.6. The van der Waals surface area contributed by atoms with Crippen LogP contribution in [0.1, 0.15) is 22.3 Å². The van der Waals surface area contributed by atoms with E-state index in [0.29, 0.717) is 65.0 Å². The molecule has 10 nitrogen and oxygen atoms in total. The highest BCUT2D eigenvalue weighted by Gasteiger charge is 2.19. The van der Waals surface area contributed by atoms with Crippen molar-refractivity contribution in [2.45, 2.75) is 19.4 Å². The number of rotatable bonds is 11. The fourth-order valence-electron chi connectivity index (χ4n) is 4.68. The molecular formula is C29H27Cl2N7O3. The number of carbonyl (C=O) groups is 1. The van der Waals surface area contributed by atoms with Gasteiger partial charge in [-0.25, -0.2) is 4.98 Å². The molecule has 5 aromatic rings. The van der Waals surface area contributed by atoms with Gasteiger partial charge in [0, 0.05) is 76.4 Å². The lowest BCUT2D eigenvalue weighted by atomic mass is 10.0. The molecule has 0 spiro atoms. The van der Waals surface area contributed by atoms with Gasteiger partial charge in [0.15, 0.2) is 0 Å². The summed E-state index contributed by atoms with van der Waals surface area (Å²) in [6.45, 7) is 1.59. The first kappa shape index (κ1) is 28.0. The van der Waals surface area contributed by atoms with Gasteiger partial charge in [-0.15, -0.1) is 0 Å². The third-order valence-corrected chi connectivity index (χ3v) is 7.25. The van der Waals surface area contributed by atoms with Crippen molar-refractivity contribution in [1.82, 2.24) is 19.9 Å². The molecule has 3 heterocycles. The molecule has 0 saturated carbocycles. The summed E-state index contributed by atoms with van der Waals surface area (Å²) in [5, 5.41) is 19.2. The van der Waals surface area contributed by atoms with E-state index in [1.165, 1.54) is 12.1 Å². The van der Waals surface area contributed by atoms with Gasteiger partial charge >= 0.3 is 5.69 Å². The number of nitrogens with zero attached hydrogens (tertiary/aromatic N) is 3. The molecule has 0 radical (unpaired) electrons. The SMILES string of the molecule is Nc1nc(NCCCn2cc(C(=O)NCCc3c[nH]c4ccccc34)c(-c3ccc(Cl)cc3Cl)c2)ccc1[N+](=O)[O-]. The van der Waals surface area contributed by atoms with Crippen molar-refractivity contribution in [3.63, 3.8) is 0 Å². The van der Waals surface area contributed by atoms with E-state index in [2.05, 4.69) is 26.7 Å². The second kappa shape index (κ2) is 12.3. The number of para-hydroxylation sites is 1. The zero-order valence-electron chi connectivity index (χ0n) is 21.9. The van der Waals surface area contributed by atoms with Crippen LogP contribution in [0.2, 0.25) is 10.0 Å². The minimum atomic E-state index is -0.571. The number of nitro groups is 1. The number of anilines is 2. The van der Waals surface area contributed by atoms with Gasteiger partial charge in [-0.05, 0) is 42.7 Å². The number of H-pyrrole nitrogens is 1. The first-order valence-corrected chi connectivity index (χ1v) is 13.7. The smallest absolute Gasteiger partial charge is 0.311 e. The Morgan fingerprint density at radius 3 is 2.68 bits per heavy atom. The summed E-state index contributed by atoms with van der Waals surface area (Å²) in [5.74, 6) is 0.105. The number of benzene rings is 2. The standard InChI is InChI=1S/C29H27Cl2N7O3/c30-19-6-7-21(24(31)14-19)22-16-37(13-3-11-33-27-9-8-26(38(40)41)28(32)36-27)17-23(22)29(39)34-12-10-18-15-35-25-5-2-1-4-20(18)25/h1-2,4-9,14-17,35H,3,10-13H2,(H,34,39)(H3,32,33,36). The van der Waals surface area contributed by atoms with Crippen molar-refractivity contribution < 1.29 is 9.72 Å². The monoisotopic (exact) mass is 591 g/mol. The third-order valence-electron chi connectivity index (χ3n) is 6.70. The Labute approximate surface area is 245 Å². The van der Waals surface area contributed by atoms with Crippen LogP contribution in [-0.4, -0.2) is 38.5 Å². The van der Waals surface area contributed by atoms with E-state index in [9.17, 15) is 14.9 Å². The largest absolute Gasteiger partial charge is 0.378 e. The lowest BCUT2D eigenvalue weighted by Crippen LogP contribution is -2.25. The number of aromatic amines is 1. The van der Waals surface area contributed by atoms with E-state index in [1.807, 2.05) is 41.4 Å². The number of halogens is 2. The van der Waals surface area contributed by atoms with Gasteiger partial charge in [0.1, 0.15) is 5.82 Å². The molecule has 0 aliphatic rings. The Morgan fingerprint density at radius 2 is 1.90 bits per heavy atom. The van der Waals surface area contributed by atoms with E-state index in [4.69, 9.17) is 28.9 Å². The number of carbonyl (C=O) groups excluding carboxylic acids is 1. The summed E-state index contributed by atoms with van der Waals surface area (Å²) in [6, 6.07) is 16.1. The molecule has 0 aliphatic carbocycles. The Balaban J connectivity index is 1.27. The van der Waals surface area contributed by atoms with E-state index < -0.39 is 4.92 Å². The number of amides is 1. The quantitative estimate of drug-likeness (QED) is 0.0805. The highest BCUT2D eigenvalue weighted by molar-refractivity contribution is 6.36. The summed E-state index contributed by atoms with van der Waals surface area (Å²) in [7, 11) is 0. The van der Waals surface area contributed by atoms with Crippen molar-refractivity contribution in [2.75, 3.05) is 24.1 Å². The van der Waals surface area contributed by atoms with E-state index >= 15 is 0 Å². The van der Waals surface area contributed by atoms with Crippen LogP contribution in [0, 0.1) is 10.1 Å².